The summed E-state index contributed by atoms with van der Waals surface area (Å²) in [4.78, 5) is 0. The van der Waals surface area contributed by atoms with Gasteiger partial charge in [-0.1, -0.05) is 13.0 Å². The maximum absolute atomic E-state index is 13.7. The third kappa shape index (κ3) is 2.52. The molecule has 1 N–H and O–H groups in total. The van der Waals surface area contributed by atoms with E-state index in [1.807, 2.05) is 0 Å². The molecule has 5 atom stereocenters. The van der Waals surface area contributed by atoms with Gasteiger partial charge in [0.25, 0.3) is 0 Å². The van der Waals surface area contributed by atoms with Crippen molar-refractivity contribution in [3.05, 3.63) is 29.6 Å². The first-order valence-corrected chi connectivity index (χ1v) is 8.03. The third-order valence-corrected chi connectivity index (χ3v) is 5.67. The number of fused-ring (bicyclic) bond motifs is 2. The summed E-state index contributed by atoms with van der Waals surface area (Å²) < 4.78 is 25.2. The number of benzene rings is 1. The van der Waals surface area contributed by atoms with Crippen LogP contribution in [0.2, 0.25) is 0 Å². The van der Waals surface area contributed by atoms with Crippen LogP contribution < -0.4 is 4.74 Å². The number of halogens is 1. The number of hydrogen-bond donors (Lipinski definition) is 1. The monoisotopic (exact) mass is 308 g/mol. The third-order valence-electron chi connectivity index (χ3n) is 5.67. The number of aliphatic hydroxyl groups is 1. The Morgan fingerprint density at radius 2 is 2.05 bits per heavy atom. The summed E-state index contributed by atoms with van der Waals surface area (Å²) in [7, 11) is 1.47. The Balaban J connectivity index is 1.98. The minimum absolute atomic E-state index is 0.134. The number of rotatable bonds is 2. The van der Waals surface area contributed by atoms with Crippen LogP contribution in [0.15, 0.2) is 18.2 Å². The highest BCUT2D eigenvalue weighted by atomic mass is 19.1. The van der Waals surface area contributed by atoms with E-state index in [4.69, 9.17) is 9.47 Å². The fraction of sp³-hybridized carbons (Fsp3) is 0.667. The van der Waals surface area contributed by atoms with E-state index < -0.39 is 0 Å². The second kappa shape index (κ2) is 5.50. The van der Waals surface area contributed by atoms with Gasteiger partial charge < -0.3 is 14.6 Å². The van der Waals surface area contributed by atoms with Crippen molar-refractivity contribution in [3.8, 4) is 5.75 Å². The van der Waals surface area contributed by atoms with Gasteiger partial charge in [0.05, 0.1) is 24.9 Å². The van der Waals surface area contributed by atoms with Crippen LogP contribution in [0.4, 0.5) is 4.39 Å². The molecule has 2 aliphatic rings. The maximum Gasteiger partial charge on any atom is 0.165 e. The van der Waals surface area contributed by atoms with Gasteiger partial charge >= 0.3 is 0 Å². The zero-order valence-electron chi connectivity index (χ0n) is 13.7. The number of aliphatic hydroxyl groups excluding tert-OH is 1. The van der Waals surface area contributed by atoms with E-state index in [0.717, 1.165) is 18.4 Å². The molecule has 22 heavy (non-hydrogen) atoms. The van der Waals surface area contributed by atoms with Crippen LogP contribution >= 0.6 is 0 Å². The SMILES string of the molecule is COc1cc([C@@H]2OC(C)(C)C3CC2[C@H](C)[C@@H](O)C3)ccc1F. The minimum atomic E-state index is -0.365. The van der Waals surface area contributed by atoms with Crippen molar-refractivity contribution in [1.82, 2.24) is 0 Å². The van der Waals surface area contributed by atoms with Crippen LogP contribution in [0.1, 0.15) is 45.3 Å². The zero-order chi connectivity index (χ0) is 16.1. The van der Waals surface area contributed by atoms with Crippen molar-refractivity contribution in [2.24, 2.45) is 17.8 Å². The van der Waals surface area contributed by atoms with Crippen molar-refractivity contribution < 1.29 is 19.0 Å². The summed E-state index contributed by atoms with van der Waals surface area (Å²) in [5, 5.41) is 10.4. The maximum atomic E-state index is 13.7. The average Bonchev–Trinajstić information content (AvgIpc) is 2.47. The van der Waals surface area contributed by atoms with Gasteiger partial charge in [0.1, 0.15) is 0 Å². The van der Waals surface area contributed by atoms with Gasteiger partial charge in [-0.15, -0.1) is 0 Å². The number of hydrogen-bond acceptors (Lipinski definition) is 3. The number of methoxy groups -OCH3 is 1. The molecule has 2 fully saturated rings. The van der Waals surface area contributed by atoms with Crippen molar-refractivity contribution in [1.29, 1.82) is 0 Å². The molecule has 4 heteroatoms. The topological polar surface area (TPSA) is 38.7 Å². The van der Waals surface area contributed by atoms with E-state index in [2.05, 4.69) is 20.8 Å². The Morgan fingerprint density at radius 3 is 2.73 bits per heavy atom. The van der Waals surface area contributed by atoms with Gasteiger partial charge in [0.2, 0.25) is 0 Å². The smallest absolute Gasteiger partial charge is 0.165 e. The molecule has 1 aliphatic heterocycles. The predicted octanol–water partition coefficient (Wildman–Crippen LogP) is 3.71. The molecule has 1 aliphatic carbocycles. The second-order valence-electron chi connectivity index (χ2n) is 7.29. The molecule has 1 saturated heterocycles. The van der Waals surface area contributed by atoms with Crippen molar-refractivity contribution >= 4 is 0 Å². The molecular weight excluding hydrogens is 283 g/mol. The lowest BCUT2D eigenvalue weighted by Gasteiger charge is -2.53. The highest BCUT2D eigenvalue weighted by molar-refractivity contribution is 5.32. The first kappa shape index (κ1) is 15.8. The lowest BCUT2D eigenvalue weighted by molar-refractivity contribution is -0.215. The normalized spacial score (nSPS) is 36.9. The molecule has 0 radical (unpaired) electrons. The van der Waals surface area contributed by atoms with E-state index in [1.54, 1.807) is 12.1 Å². The molecule has 1 aromatic rings. The molecule has 1 aromatic carbocycles. The second-order valence-corrected chi connectivity index (χ2v) is 7.29. The van der Waals surface area contributed by atoms with Crippen molar-refractivity contribution in [2.75, 3.05) is 7.11 Å². The standard InChI is InChI=1S/C18H25FO3/c1-10-13-8-12(9-15(10)20)18(2,3)22-17(13)11-5-6-14(19)16(7-11)21-4/h5-7,10,12-13,15,17,20H,8-9H2,1-4H3/t10-,12?,13?,15-,17-/m0/s1. The highest BCUT2D eigenvalue weighted by Crippen LogP contribution is 2.53. The largest absolute Gasteiger partial charge is 0.494 e. The summed E-state index contributed by atoms with van der Waals surface area (Å²) in [5.74, 6) is 0.661. The molecule has 0 amide bonds. The Kier molecular flexibility index (Phi) is 3.94. The van der Waals surface area contributed by atoms with Crippen LogP contribution in [-0.2, 0) is 4.74 Å². The molecule has 122 valence electrons. The van der Waals surface area contributed by atoms with Crippen LogP contribution in [0.5, 0.6) is 5.75 Å². The first-order valence-electron chi connectivity index (χ1n) is 8.03. The van der Waals surface area contributed by atoms with Crippen molar-refractivity contribution in [2.45, 2.75) is 51.4 Å². The Labute approximate surface area is 131 Å². The van der Waals surface area contributed by atoms with Crippen LogP contribution in [0.25, 0.3) is 0 Å². The van der Waals surface area contributed by atoms with Gasteiger partial charge in [-0.2, -0.15) is 0 Å². The summed E-state index contributed by atoms with van der Waals surface area (Å²) in [6.07, 6.45) is 1.40. The molecule has 0 aromatic heterocycles. The van der Waals surface area contributed by atoms with Gasteiger partial charge in [0.15, 0.2) is 11.6 Å². The zero-order valence-corrected chi connectivity index (χ0v) is 13.7. The molecule has 1 heterocycles. The van der Waals surface area contributed by atoms with Gasteiger partial charge in [-0.3, -0.25) is 0 Å². The molecule has 3 rings (SSSR count). The Hall–Kier alpha value is -1.13. The van der Waals surface area contributed by atoms with Gasteiger partial charge in [-0.25, -0.2) is 4.39 Å². The molecule has 3 nitrogen and oxygen atoms in total. The fourth-order valence-electron chi connectivity index (χ4n) is 4.08. The quantitative estimate of drug-likeness (QED) is 0.905. The molecule has 1 saturated carbocycles. The van der Waals surface area contributed by atoms with E-state index >= 15 is 0 Å². The number of ether oxygens (including phenoxy) is 2. The molecule has 2 unspecified atom stereocenters. The van der Waals surface area contributed by atoms with Crippen LogP contribution in [-0.4, -0.2) is 23.9 Å². The van der Waals surface area contributed by atoms with E-state index in [-0.39, 0.29) is 41.2 Å². The lowest BCUT2D eigenvalue weighted by atomic mass is 9.63. The van der Waals surface area contributed by atoms with E-state index in [1.165, 1.54) is 13.2 Å². The molecule has 0 spiro atoms. The molecule has 2 bridgehead atoms. The predicted molar refractivity (Wildman–Crippen MR) is 82.2 cm³/mol. The Morgan fingerprint density at radius 1 is 1.32 bits per heavy atom. The van der Waals surface area contributed by atoms with E-state index in [9.17, 15) is 9.50 Å². The summed E-state index contributed by atoms with van der Waals surface area (Å²) in [6, 6.07) is 4.93. The summed E-state index contributed by atoms with van der Waals surface area (Å²) in [6.45, 7) is 6.26. The van der Waals surface area contributed by atoms with Gasteiger partial charge in [0, 0.05) is 0 Å². The highest BCUT2D eigenvalue weighted by Gasteiger charge is 2.50. The van der Waals surface area contributed by atoms with Crippen molar-refractivity contribution in [3.63, 3.8) is 0 Å². The molecular formula is C18H25FO3. The first-order chi connectivity index (χ1) is 10.3. The summed E-state index contributed by atoms with van der Waals surface area (Å²) in [5.41, 5.74) is 0.639. The van der Waals surface area contributed by atoms with Crippen LogP contribution in [0, 0.1) is 23.6 Å². The Bertz CT molecular complexity index is 557. The van der Waals surface area contributed by atoms with E-state index in [0.29, 0.717) is 5.92 Å². The average molecular weight is 308 g/mol. The van der Waals surface area contributed by atoms with Gasteiger partial charge in [-0.05, 0) is 62.1 Å². The summed E-state index contributed by atoms with van der Waals surface area (Å²) >= 11 is 0. The minimum Gasteiger partial charge on any atom is -0.494 e. The lowest BCUT2D eigenvalue weighted by Crippen LogP contribution is -2.52. The van der Waals surface area contributed by atoms with Crippen LogP contribution in [0.3, 0.4) is 0 Å². The fourth-order valence-corrected chi connectivity index (χ4v) is 4.08.